The van der Waals surface area contributed by atoms with Gasteiger partial charge in [0.1, 0.15) is 11.4 Å². The van der Waals surface area contributed by atoms with E-state index in [9.17, 15) is 9.59 Å². The van der Waals surface area contributed by atoms with E-state index in [1.807, 2.05) is 30.3 Å². The minimum Gasteiger partial charge on any atom is -0.348 e. The van der Waals surface area contributed by atoms with Crippen LogP contribution in [0.4, 0.5) is 10.9 Å². The van der Waals surface area contributed by atoms with Gasteiger partial charge in [0.05, 0.1) is 6.54 Å². The van der Waals surface area contributed by atoms with Crippen LogP contribution in [-0.4, -0.2) is 48.4 Å². The van der Waals surface area contributed by atoms with Crippen LogP contribution in [0.15, 0.2) is 30.3 Å². The van der Waals surface area contributed by atoms with Crippen LogP contribution in [0, 0.1) is 0 Å². The normalized spacial score (nSPS) is 18.1. The Hall–Kier alpha value is -2.41. The van der Waals surface area contributed by atoms with Crippen LogP contribution in [0.3, 0.4) is 0 Å². The number of carbonyl (C=O) groups excluding carboxylic acids is 2. The largest absolute Gasteiger partial charge is 0.348 e. The van der Waals surface area contributed by atoms with E-state index < -0.39 is 0 Å². The van der Waals surface area contributed by atoms with Crippen LogP contribution in [0.2, 0.25) is 0 Å². The number of hydrogen-bond donors (Lipinski definition) is 0. The number of carbonyl (C=O) groups is 2. The second-order valence-electron chi connectivity index (χ2n) is 6.82. The van der Waals surface area contributed by atoms with Crippen molar-refractivity contribution in [2.45, 2.75) is 25.8 Å². The third kappa shape index (κ3) is 3.19. The summed E-state index contributed by atoms with van der Waals surface area (Å²) in [5.74, 6) is 0.294. The molecule has 1 aromatic heterocycles. The van der Waals surface area contributed by atoms with E-state index >= 15 is 0 Å². The zero-order valence-electron chi connectivity index (χ0n) is 14.9. The Bertz CT molecular complexity index is 814. The number of amides is 2. The number of rotatable bonds is 3. The monoisotopic (exact) mass is 370 g/mol. The van der Waals surface area contributed by atoms with E-state index in [2.05, 4.69) is 4.90 Å². The summed E-state index contributed by atoms with van der Waals surface area (Å²) >= 11 is 1.41. The average molecular weight is 370 g/mol. The first-order chi connectivity index (χ1) is 12.6. The highest BCUT2D eigenvalue weighted by atomic mass is 32.1. The number of thiazole rings is 1. The molecule has 2 aromatic rings. The molecule has 1 saturated heterocycles. The molecule has 0 radical (unpaired) electrons. The van der Waals surface area contributed by atoms with Gasteiger partial charge in [0, 0.05) is 20.1 Å². The Kier molecular flexibility index (Phi) is 4.63. The van der Waals surface area contributed by atoms with Crippen LogP contribution in [0.1, 0.15) is 34.5 Å². The molecule has 0 saturated carbocycles. The molecule has 0 atom stereocenters. The molecule has 2 aliphatic heterocycles. The van der Waals surface area contributed by atoms with Gasteiger partial charge in [0.15, 0.2) is 10.9 Å². The summed E-state index contributed by atoms with van der Waals surface area (Å²) in [7, 11) is 1.68. The van der Waals surface area contributed by atoms with Crippen LogP contribution < -0.4 is 9.80 Å². The summed E-state index contributed by atoms with van der Waals surface area (Å²) in [6.07, 6.45) is 3.53. The molecule has 3 heterocycles. The molecule has 0 bridgehead atoms. The first kappa shape index (κ1) is 17.0. The fourth-order valence-corrected chi connectivity index (χ4v) is 4.54. The Morgan fingerprint density at radius 1 is 1.08 bits per heavy atom. The zero-order valence-corrected chi connectivity index (χ0v) is 15.7. The predicted molar refractivity (Wildman–Crippen MR) is 103 cm³/mol. The Morgan fingerprint density at radius 2 is 1.81 bits per heavy atom. The topological polar surface area (TPSA) is 56.8 Å². The number of hydrogen-bond acceptors (Lipinski definition) is 5. The molecule has 7 heteroatoms. The lowest BCUT2D eigenvalue weighted by atomic mass is 10.1. The molecular weight excluding hydrogens is 348 g/mol. The number of piperidine rings is 1. The summed E-state index contributed by atoms with van der Waals surface area (Å²) < 4.78 is 0. The second kappa shape index (κ2) is 7.07. The highest BCUT2D eigenvalue weighted by Crippen LogP contribution is 2.36. The van der Waals surface area contributed by atoms with E-state index in [0.717, 1.165) is 36.6 Å². The molecular formula is C19H22N4O2S. The predicted octanol–water partition coefficient (Wildman–Crippen LogP) is 2.75. The van der Waals surface area contributed by atoms with E-state index in [0.29, 0.717) is 17.2 Å². The SMILES string of the molecule is CN1CC(=O)N(Cc2ccccc2)c2nc(N3CCCCC3)sc2C1=O. The standard InChI is InChI=1S/C19H22N4O2S/c1-21-13-15(24)23(12-14-8-4-2-5-9-14)17-16(18(21)25)26-19(20-17)22-10-6-3-7-11-22/h2,4-5,8-9H,3,6-7,10-13H2,1H3. The van der Waals surface area contributed by atoms with E-state index in [-0.39, 0.29) is 18.4 Å². The number of likely N-dealkylation sites (N-methyl/N-ethyl adjacent to an activating group) is 1. The highest BCUT2D eigenvalue weighted by Gasteiger charge is 2.34. The van der Waals surface area contributed by atoms with Crippen LogP contribution >= 0.6 is 11.3 Å². The van der Waals surface area contributed by atoms with Crippen molar-refractivity contribution in [3.8, 4) is 0 Å². The van der Waals surface area contributed by atoms with Crippen molar-refractivity contribution in [1.82, 2.24) is 9.88 Å². The lowest BCUT2D eigenvalue weighted by molar-refractivity contribution is -0.119. The maximum absolute atomic E-state index is 12.8. The fourth-order valence-electron chi connectivity index (χ4n) is 3.42. The van der Waals surface area contributed by atoms with E-state index in [1.165, 1.54) is 22.7 Å². The van der Waals surface area contributed by atoms with Gasteiger partial charge in [-0.3, -0.25) is 14.5 Å². The maximum Gasteiger partial charge on any atom is 0.268 e. The number of benzene rings is 1. The first-order valence-electron chi connectivity index (χ1n) is 8.99. The van der Waals surface area contributed by atoms with Crippen molar-refractivity contribution in [1.29, 1.82) is 0 Å². The van der Waals surface area contributed by atoms with Crippen molar-refractivity contribution in [2.24, 2.45) is 0 Å². The summed E-state index contributed by atoms with van der Waals surface area (Å²) in [4.78, 5) is 36.3. The van der Waals surface area contributed by atoms with Gasteiger partial charge in [0.2, 0.25) is 5.91 Å². The second-order valence-corrected chi connectivity index (χ2v) is 7.80. The molecule has 4 rings (SSSR count). The Labute approximate surface area is 157 Å². The third-order valence-electron chi connectivity index (χ3n) is 4.88. The third-order valence-corrected chi connectivity index (χ3v) is 5.97. The van der Waals surface area contributed by atoms with Crippen molar-refractivity contribution in [3.05, 3.63) is 40.8 Å². The quantitative estimate of drug-likeness (QED) is 0.834. The van der Waals surface area contributed by atoms with Gasteiger partial charge in [-0.25, -0.2) is 4.98 Å². The number of fused-ring (bicyclic) bond motifs is 1. The van der Waals surface area contributed by atoms with Crippen LogP contribution in [0.5, 0.6) is 0 Å². The van der Waals surface area contributed by atoms with Gasteiger partial charge in [-0.1, -0.05) is 41.7 Å². The van der Waals surface area contributed by atoms with Crippen LogP contribution in [-0.2, 0) is 11.3 Å². The lowest BCUT2D eigenvalue weighted by Crippen LogP contribution is -2.37. The smallest absolute Gasteiger partial charge is 0.268 e. The summed E-state index contributed by atoms with van der Waals surface area (Å²) in [6.45, 7) is 2.43. The average Bonchev–Trinajstić information content (AvgIpc) is 3.09. The van der Waals surface area contributed by atoms with Crippen molar-refractivity contribution in [3.63, 3.8) is 0 Å². The number of anilines is 2. The number of nitrogens with zero attached hydrogens (tertiary/aromatic N) is 4. The van der Waals surface area contributed by atoms with Crippen molar-refractivity contribution >= 4 is 34.1 Å². The van der Waals surface area contributed by atoms with Gasteiger partial charge in [-0.15, -0.1) is 0 Å². The zero-order chi connectivity index (χ0) is 18.1. The Morgan fingerprint density at radius 3 is 2.54 bits per heavy atom. The molecule has 6 nitrogen and oxygen atoms in total. The minimum absolute atomic E-state index is 0.0772. The molecule has 26 heavy (non-hydrogen) atoms. The van der Waals surface area contributed by atoms with Gasteiger partial charge in [-0.2, -0.15) is 0 Å². The lowest BCUT2D eigenvalue weighted by Gasteiger charge is -2.26. The summed E-state index contributed by atoms with van der Waals surface area (Å²) in [6, 6.07) is 9.84. The minimum atomic E-state index is -0.121. The van der Waals surface area contributed by atoms with E-state index in [1.54, 1.807) is 11.9 Å². The highest BCUT2D eigenvalue weighted by molar-refractivity contribution is 7.18. The molecule has 2 amide bonds. The molecule has 1 fully saturated rings. The molecule has 136 valence electrons. The van der Waals surface area contributed by atoms with Gasteiger partial charge in [0.25, 0.3) is 5.91 Å². The van der Waals surface area contributed by atoms with Gasteiger partial charge >= 0.3 is 0 Å². The molecule has 1 aromatic carbocycles. The molecule has 2 aliphatic rings. The van der Waals surface area contributed by atoms with E-state index in [4.69, 9.17) is 4.98 Å². The fraction of sp³-hybridized carbons (Fsp3) is 0.421. The molecule has 0 unspecified atom stereocenters. The van der Waals surface area contributed by atoms with Crippen molar-refractivity contribution < 1.29 is 9.59 Å². The Balaban J connectivity index is 1.72. The van der Waals surface area contributed by atoms with Crippen LogP contribution in [0.25, 0.3) is 0 Å². The molecule has 0 aliphatic carbocycles. The summed E-state index contributed by atoms with van der Waals surface area (Å²) in [5.41, 5.74) is 1.02. The van der Waals surface area contributed by atoms with Crippen molar-refractivity contribution in [2.75, 3.05) is 36.5 Å². The maximum atomic E-state index is 12.8. The molecule has 0 spiro atoms. The number of aromatic nitrogens is 1. The first-order valence-corrected chi connectivity index (χ1v) is 9.80. The summed E-state index contributed by atoms with van der Waals surface area (Å²) in [5, 5.41) is 0.851. The molecule has 0 N–H and O–H groups in total. The van der Waals surface area contributed by atoms with Gasteiger partial charge in [-0.05, 0) is 24.8 Å². The van der Waals surface area contributed by atoms with Gasteiger partial charge < -0.3 is 9.80 Å².